The molecule has 80 valence electrons. The first kappa shape index (κ1) is 9.75. The molecular formula is C8H13N7. The highest BCUT2D eigenvalue weighted by molar-refractivity contribution is 4.67. The van der Waals surface area contributed by atoms with Crippen LogP contribution in [0.5, 0.6) is 0 Å². The van der Waals surface area contributed by atoms with Crippen LogP contribution in [-0.4, -0.2) is 35.2 Å². The van der Waals surface area contributed by atoms with Crippen molar-refractivity contribution in [2.24, 2.45) is 5.92 Å². The summed E-state index contributed by atoms with van der Waals surface area (Å²) >= 11 is 0. The first-order valence-corrected chi connectivity index (χ1v) is 4.93. The molecule has 0 fully saturated rings. The summed E-state index contributed by atoms with van der Waals surface area (Å²) in [7, 11) is 0. The maximum Gasteiger partial charge on any atom is 0.138 e. The Morgan fingerprint density at radius 1 is 1.13 bits per heavy atom. The maximum atomic E-state index is 3.94. The summed E-state index contributed by atoms with van der Waals surface area (Å²) in [6, 6.07) is 0. The number of hydrogen-bond donors (Lipinski definition) is 0. The van der Waals surface area contributed by atoms with Gasteiger partial charge < -0.3 is 0 Å². The number of aromatic nitrogens is 7. The average Bonchev–Trinajstić information content (AvgIpc) is 2.89. The van der Waals surface area contributed by atoms with Crippen LogP contribution in [0.1, 0.15) is 13.3 Å². The van der Waals surface area contributed by atoms with Gasteiger partial charge in [-0.15, -0.1) is 10.2 Å². The van der Waals surface area contributed by atoms with Gasteiger partial charge in [-0.3, -0.25) is 4.68 Å². The molecule has 0 aromatic carbocycles. The van der Waals surface area contributed by atoms with Crippen molar-refractivity contribution in [1.82, 2.24) is 35.2 Å². The summed E-state index contributed by atoms with van der Waals surface area (Å²) in [6.07, 6.45) is 6.23. The van der Waals surface area contributed by atoms with Crippen molar-refractivity contribution < 1.29 is 0 Å². The molecule has 0 saturated carbocycles. The fourth-order valence-corrected chi connectivity index (χ4v) is 1.44. The lowest BCUT2D eigenvalue weighted by atomic mass is 10.1. The van der Waals surface area contributed by atoms with Gasteiger partial charge in [0.05, 0.1) is 6.20 Å². The van der Waals surface area contributed by atoms with E-state index in [1.165, 1.54) is 0 Å². The lowest BCUT2D eigenvalue weighted by Gasteiger charge is -2.13. The summed E-state index contributed by atoms with van der Waals surface area (Å²) in [5, 5.41) is 18.8. The molecular weight excluding hydrogens is 194 g/mol. The van der Waals surface area contributed by atoms with Crippen molar-refractivity contribution in [3.05, 3.63) is 18.7 Å². The van der Waals surface area contributed by atoms with E-state index >= 15 is 0 Å². The number of tetrazole rings is 1. The first-order valence-electron chi connectivity index (χ1n) is 4.93. The van der Waals surface area contributed by atoms with Gasteiger partial charge in [0.25, 0.3) is 0 Å². The molecule has 15 heavy (non-hydrogen) atoms. The van der Waals surface area contributed by atoms with Crippen LogP contribution in [0.3, 0.4) is 0 Å². The molecule has 0 aliphatic heterocycles. The highest BCUT2D eigenvalue weighted by Gasteiger charge is 2.09. The van der Waals surface area contributed by atoms with Gasteiger partial charge in [0.2, 0.25) is 0 Å². The Morgan fingerprint density at radius 3 is 2.60 bits per heavy atom. The second-order valence-electron chi connectivity index (χ2n) is 3.43. The number of hydrogen-bond acceptors (Lipinski definition) is 5. The maximum absolute atomic E-state index is 3.94. The zero-order chi connectivity index (χ0) is 10.5. The first-order chi connectivity index (χ1) is 7.38. The molecule has 2 aromatic rings. The zero-order valence-corrected chi connectivity index (χ0v) is 8.56. The molecule has 0 radical (unpaired) electrons. The third kappa shape index (κ3) is 2.58. The molecule has 1 unspecified atom stereocenters. The van der Waals surface area contributed by atoms with E-state index in [1.54, 1.807) is 17.2 Å². The molecule has 0 N–H and O–H groups in total. The van der Waals surface area contributed by atoms with E-state index in [0.717, 1.165) is 19.5 Å². The Bertz CT molecular complexity index is 329. The Labute approximate surface area is 87.1 Å². The van der Waals surface area contributed by atoms with Crippen LogP contribution in [-0.2, 0) is 13.1 Å². The predicted molar refractivity (Wildman–Crippen MR) is 51.6 cm³/mol. The van der Waals surface area contributed by atoms with Crippen molar-refractivity contribution in [1.29, 1.82) is 0 Å². The summed E-state index contributed by atoms with van der Waals surface area (Å²) in [4.78, 5) is 0. The SMILES string of the molecule is CCC(Cn1ccnn1)Cn1cnnn1. The molecule has 0 aliphatic rings. The molecule has 2 aromatic heterocycles. The average molecular weight is 207 g/mol. The van der Waals surface area contributed by atoms with Gasteiger partial charge in [-0.1, -0.05) is 12.1 Å². The minimum Gasteiger partial charge on any atom is -0.252 e. The van der Waals surface area contributed by atoms with Crippen LogP contribution < -0.4 is 0 Å². The summed E-state index contributed by atoms with van der Waals surface area (Å²) in [5.41, 5.74) is 0. The standard InChI is InChI=1S/C8H13N7/c1-2-8(5-14-4-3-9-12-14)6-15-7-10-11-13-15/h3-4,7-8H,2,5-6H2,1H3. The Morgan fingerprint density at radius 2 is 2.00 bits per heavy atom. The minimum atomic E-state index is 0.468. The van der Waals surface area contributed by atoms with Gasteiger partial charge in [-0.25, -0.2) is 4.68 Å². The summed E-state index contributed by atoms with van der Waals surface area (Å²) < 4.78 is 3.57. The van der Waals surface area contributed by atoms with Crippen LogP contribution in [0.4, 0.5) is 0 Å². The van der Waals surface area contributed by atoms with Gasteiger partial charge in [0, 0.05) is 19.3 Å². The fourth-order valence-electron chi connectivity index (χ4n) is 1.44. The molecule has 0 amide bonds. The van der Waals surface area contributed by atoms with Gasteiger partial charge in [-0.05, 0) is 22.8 Å². The van der Waals surface area contributed by atoms with E-state index in [2.05, 4.69) is 32.8 Å². The van der Waals surface area contributed by atoms with Gasteiger partial charge in [0.15, 0.2) is 0 Å². The van der Waals surface area contributed by atoms with Crippen molar-refractivity contribution in [2.45, 2.75) is 26.4 Å². The van der Waals surface area contributed by atoms with Crippen LogP contribution in [0.15, 0.2) is 18.7 Å². The van der Waals surface area contributed by atoms with E-state index in [-0.39, 0.29) is 0 Å². The largest absolute Gasteiger partial charge is 0.252 e. The quantitative estimate of drug-likeness (QED) is 0.689. The van der Waals surface area contributed by atoms with E-state index < -0.39 is 0 Å². The van der Waals surface area contributed by atoms with Crippen LogP contribution in [0, 0.1) is 5.92 Å². The van der Waals surface area contributed by atoms with Crippen LogP contribution in [0.2, 0.25) is 0 Å². The van der Waals surface area contributed by atoms with E-state index in [9.17, 15) is 0 Å². The minimum absolute atomic E-state index is 0.468. The number of nitrogens with zero attached hydrogens (tertiary/aromatic N) is 7. The molecule has 0 saturated heterocycles. The van der Waals surface area contributed by atoms with Crippen molar-refractivity contribution >= 4 is 0 Å². The molecule has 7 nitrogen and oxygen atoms in total. The van der Waals surface area contributed by atoms with Gasteiger partial charge in [0.1, 0.15) is 6.33 Å². The summed E-state index contributed by atoms with van der Waals surface area (Å²) in [5.74, 6) is 0.468. The molecule has 1 atom stereocenters. The second kappa shape index (κ2) is 4.63. The van der Waals surface area contributed by atoms with E-state index in [1.807, 2.05) is 10.9 Å². The molecule has 2 heterocycles. The monoisotopic (exact) mass is 207 g/mol. The van der Waals surface area contributed by atoms with Crippen molar-refractivity contribution in [2.75, 3.05) is 0 Å². The molecule has 0 bridgehead atoms. The smallest absolute Gasteiger partial charge is 0.138 e. The third-order valence-corrected chi connectivity index (χ3v) is 2.33. The highest BCUT2D eigenvalue weighted by atomic mass is 15.5. The Balaban J connectivity index is 1.93. The van der Waals surface area contributed by atoms with Crippen LogP contribution in [0.25, 0.3) is 0 Å². The predicted octanol–water partition coefficient (Wildman–Crippen LogP) is -0.00900. The zero-order valence-electron chi connectivity index (χ0n) is 8.56. The Hall–Kier alpha value is -1.79. The Kier molecular flexibility index (Phi) is 3.01. The van der Waals surface area contributed by atoms with Crippen molar-refractivity contribution in [3.8, 4) is 0 Å². The van der Waals surface area contributed by atoms with E-state index in [4.69, 9.17) is 0 Å². The molecule has 0 aliphatic carbocycles. The molecule has 7 heteroatoms. The lowest BCUT2D eigenvalue weighted by molar-refractivity contribution is 0.336. The number of rotatable bonds is 5. The molecule has 2 rings (SSSR count). The lowest BCUT2D eigenvalue weighted by Crippen LogP contribution is -2.17. The fraction of sp³-hybridized carbons (Fsp3) is 0.625. The highest BCUT2D eigenvalue weighted by Crippen LogP contribution is 2.07. The van der Waals surface area contributed by atoms with Crippen LogP contribution >= 0.6 is 0 Å². The van der Waals surface area contributed by atoms with Gasteiger partial charge in [-0.2, -0.15) is 0 Å². The summed E-state index contributed by atoms with van der Waals surface area (Å²) in [6.45, 7) is 3.80. The molecule has 0 spiro atoms. The normalized spacial score (nSPS) is 12.9. The van der Waals surface area contributed by atoms with E-state index in [0.29, 0.717) is 5.92 Å². The third-order valence-electron chi connectivity index (χ3n) is 2.33. The van der Waals surface area contributed by atoms with Gasteiger partial charge >= 0.3 is 0 Å². The van der Waals surface area contributed by atoms with Crippen molar-refractivity contribution in [3.63, 3.8) is 0 Å². The second-order valence-corrected chi connectivity index (χ2v) is 3.43. The topological polar surface area (TPSA) is 74.3 Å².